The van der Waals surface area contributed by atoms with Crippen molar-refractivity contribution in [3.63, 3.8) is 0 Å². The van der Waals surface area contributed by atoms with Gasteiger partial charge in [0, 0.05) is 54.5 Å². The lowest BCUT2D eigenvalue weighted by Gasteiger charge is -2.26. The molecule has 3 amide bonds. The van der Waals surface area contributed by atoms with Crippen LogP contribution in [0, 0.1) is 0 Å². The molecule has 0 bridgehead atoms. The first kappa shape index (κ1) is 29.1. The maximum absolute atomic E-state index is 13.3. The van der Waals surface area contributed by atoms with Crippen LogP contribution >= 0.6 is 0 Å². The Morgan fingerprint density at radius 3 is 2.43 bits per heavy atom. The highest BCUT2D eigenvalue weighted by Gasteiger charge is 2.22. The Labute approximate surface area is 246 Å². The summed E-state index contributed by atoms with van der Waals surface area (Å²) in [6.07, 6.45) is 0. The van der Waals surface area contributed by atoms with Gasteiger partial charge in [0.15, 0.2) is 0 Å². The first-order valence-corrected chi connectivity index (χ1v) is 14.2. The van der Waals surface area contributed by atoms with Crippen LogP contribution in [0.5, 0.6) is 5.75 Å². The number of urea groups is 1. The molecule has 1 aromatic heterocycles. The van der Waals surface area contributed by atoms with Gasteiger partial charge in [-0.15, -0.1) is 0 Å². The number of nitrogens with zero attached hydrogens (tertiary/aromatic N) is 3. The van der Waals surface area contributed by atoms with Crippen LogP contribution in [0.15, 0.2) is 66.7 Å². The molecule has 3 N–H and O–H groups in total. The van der Waals surface area contributed by atoms with Crippen LogP contribution in [-0.2, 0) is 14.9 Å². The van der Waals surface area contributed by atoms with Crippen molar-refractivity contribution >= 4 is 39.9 Å². The molecule has 1 fully saturated rings. The van der Waals surface area contributed by atoms with Gasteiger partial charge >= 0.3 is 6.03 Å². The van der Waals surface area contributed by atoms with Gasteiger partial charge in [0.2, 0.25) is 5.91 Å². The Kier molecular flexibility index (Phi) is 8.75. The number of aromatic nitrogens is 2. The van der Waals surface area contributed by atoms with Crippen molar-refractivity contribution in [2.75, 3.05) is 55.4 Å². The number of carbonyl (C=O) groups is 2. The first-order chi connectivity index (χ1) is 20.2. The van der Waals surface area contributed by atoms with Crippen molar-refractivity contribution in [3.8, 4) is 11.4 Å². The zero-order chi connectivity index (χ0) is 29.7. The van der Waals surface area contributed by atoms with Crippen molar-refractivity contribution in [1.82, 2.24) is 14.7 Å². The minimum absolute atomic E-state index is 0.165. The molecule has 0 saturated carbocycles. The summed E-state index contributed by atoms with van der Waals surface area (Å²) in [5.41, 5.74) is 2.57. The highest BCUT2D eigenvalue weighted by molar-refractivity contribution is 6.07. The molecule has 0 aliphatic carbocycles. The summed E-state index contributed by atoms with van der Waals surface area (Å²) in [6, 6.07) is 20.4. The molecule has 10 nitrogen and oxygen atoms in total. The van der Waals surface area contributed by atoms with Crippen LogP contribution < -0.4 is 20.7 Å². The molecule has 4 aromatic rings. The smallest absolute Gasteiger partial charge is 0.324 e. The molecule has 10 heteroatoms. The van der Waals surface area contributed by atoms with Crippen molar-refractivity contribution in [2.45, 2.75) is 33.1 Å². The van der Waals surface area contributed by atoms with Gasteiger partial charge in [-0.3, -0.25) is 15.0 Å². The van der Waals surface area contributed by atoms with Crippen LogP contribution in [0.3, 0.4) is 0 Å². The van der Waals surface area contributed by atoms with Crippen LogP contribution in [-0.4, -0.2) is 66.1 Å². The molecule has 0 atom stereocenters. The Bertz CT molecular complexity index is 1570. The molecule has 5 rings (SSSR count). The SMILES string of the molecule is CC(=O)Nc1cccc(-n2nc(C(C)(C)C)cc2NC(=O)Nc2ccc(OCCN3CCOCC3)c3ccccc23)c1. The molecule has 220 valence electrons. The van der Waals surface area contributed by atoms with Gasteiger partial charge in [0.1, 0.15) is 18.2 Å². The van der Waals surface area contributed by atoms with Crippen molar-refractivity contribution in [3.05, 3.63) is 72.4 Å². The van der Waals surface area contributed by atoms with Crippen LogP contribution in [0.2, 0.25) is 0 Å². The fraction of sp³-hybridized carbons (Fsp3) is 0.344. The monoisotopic (exact) mass is 570 g/mol. The Hall–Kier alpha value is -4.41. The topological polar surface area (TPSA) is 110 Å². The summed E-state index contributed by atoms with van der Waals surface area (Å²) in [5, 5.41) is 15.4. The molecule has 1 aliphatic heterocycles. The van der Waals surface area contributed by atoms with E-state index in [1.165, 1.54) is 6.92 Å². The van der Waals surface area contributed by atoms with E-state index in [1.54, 1.807) is 10.7 Å². The lowest BCUT2D eigenvalue weighted by molar-refractivity contribution is -0.114. The zero-order valence-electron chi connectivity index (χ0n) is 24.6. The largest absolute Gasteiger partial charge is 0.492 e. The third-order valence-electron chi connectivity index (χ3n) is 7.03. The van der Waals surface area contributed by atoms with E-state index in [2.05, 4.69) is 41.6 Å². The number of rotatable bonds is 8. The summed E-state index contributed by atoms with van der Waals surface area (Å²) < 4.78 is 13.3. The van der Waals surface area contributed by atoms with Crippen LogP contribution in [0.4, 0.5) is 22.0 Å². The molecular formula is C32H38N6O4. The van der Waals surface area contributed by atoms with E-state index < -0.39 is 6.03 Å². The van der Waals surface area contributed by atoms with Crippen molar-refractivity contribution < 1.29 is 19.1 Å². The molecule has 42 heavy (non-hydrogen) atoms. The second-order valence-electron chi connectivity index (χ2n) is 11.3. The summed E-state index contributed by atoms with van der Waals surface area (Å²) in [5.74, 6) is 1.11. The Morgan fingerprint density at radius 2 is 1.69 bits per heavy atom. The van der Waals surface area contributed by atoms with E-state index in [-0.39, 0.29) is 11.3 Å². The molecule has 2 heterocycles. The highest BCUT2D eigenvalue weighted by atomic mass is 16.5. The lowest BCUT2D eigenvalue weighted by Crippen LogP contribution is -2.38. The quantitative estimate of drug-likeness (QED) is 0.253. The number of ether oxygens (including phenoxy) is 2. The maximum Gasteiger partial charge on any atom is 0.324 e. The van der Waals surface area contributed by atoms with Gasteiger partial charge in [0.25, 0.3) is 0 Å². The van der Waals surface area contributed by atoms with E-state index in [0.29, 0.717) is 29.5 Å². The van der Waals surface area contributed by atoms with Gasteiger partial charge < -0.3 is 20.1 Å². The lowest BCUT2D eigenvalue weighted by atomic mass is 9.92. The number of hydrogen-bond donors (Lipinski definition) is 3. The third kappa shape index (κ3) is 7.07. The molecule has 0 unspecified atom stereocenters. The number of benzene rings is 3. The predicted molar refractivity (Wildman–Crippen MR) is 166 cm³/mol. The first-order valence-electron chi connectivity index (χ1n) is 14.2. The second-order valence-corrected chi connectivity index (χ2v) is 11.3. The summed E-state index contributed by atoms with van der Waals surface area (Å²) in [7, 11) is 0. The molecule has 3 aromatic carbocycles. The van der Waals surface area contributed by atoms with E-state index in [0.717, 1.165) is 55.1 Å². The van der Waals surface area contributed by atoms with E-state index >= 15 is 0 Å². The zero-order valence-corrected chi connectivity index (χ0v) is 24.6. The van der Waals surface area contributed by atoms with E-state index in [4.69, 9.17) is 14.6 Å². The second kappa shape index (κ2) is 12.6. The minimum atomic E-state index is -0.402. The average molecular weight is 571 g/mol. The summed E-state index contributed by atoms with van der Waals surface area (Å²) >= 11 is 0. The number of fused-ring (bicyclic) bond motifs is 1. The van der Waals surface area contributed by atoms with Crippen molar-refractivity contribution in [1.29, 1.82) is 0 Å². The van der Waals surface area contributed by atoms with Gasteiger partial charge in [-0.1, -0.05) is 51.1 Å². The minimum Gasteiger partial charge on any atom is -0.492 e. The number of hydrogen-bond acceptors (Lipinski definition) is 6. The Balaban J connectivity index is 1.35. The number of morpholine rings is 1. The summed E-state index contributed by atoms with van der Waals surface area (Å²) in [4.78, 5) is 27.3. The fourth-order valence-electron chi connectivity index (χ4n) is 4.84. The number of carbonyl (C=O) groups excluding carboxylic acids is 2. The van der Waals surface area contributed by atoms with Gasteiger partial charge in [-0.05, 0) is 30.3 Å². The van der Waals surface area contributed by atoms with Gasteiger partial charge in [-0.2, -0.15) is 5.10 Å². The van der Waals surface area contributed by atoms with Gasteiger partial charge in [-0.25, -0.2) is 9.48 Å². The van der Waals surface area contributed by atoms with Gasteiger partial charge in [0.05, 0.1) is 30.3 Å². The molecular weight excluding hydrogens is 532 g/mol. The van der Waals surface area contributed by atoms with E-state index in [9.17, 15) is 9.59 Å². The normalized spacial score (nSPS) is 14.0. The maximum atomic E-state index is 13.3. The predicted octanol–water partition coefficient (Wildman–Crippen LogP) is 5.64. The fourth-order valence-corrected chi connectivity index (χ4v) is 4.84. The van der Waals surface area contributed by atoms with E-state index in [1.807, 2.05) is 60.7 Å². The average Bonchev–Trinajstić information content (AvgIpc) is 3.39. The third-order valence-corrected chi connectivity index (χ3v) is 7.03. The summed E-state index contributed by atoms with van der Waals surface area (Å²) in [6.45, 7) is 12.4. The van der Waals surface area contributed by atoms with Crippen LogP contribution in [0.25, 0.3) is 16.5 Å². The number of nitrogens with one attached hydrogen (secondary N) is 3. The molecule has 1 aliphatic rings. The molecule has 0 spiro atoms. The number of amides is 3. The van der Waals surface area contributed by atoms with Crippen molar-refractivity contribution in [2.24, 2.45) is 0 Å². The standard InChI is InChI=1S/C32H38N6O4/c1-22(39)33-23-8-7-9-24(20-23)38-30(21-29(36-38)32(2,3)4)35-31(40)34-27-12-13-28(26-11-6-5-10-25(26)27)42-19-16-37-14-17-41-18-15-37/h5-13,20-21H,14-19H2,1-4H3,(H,33,39)(H2,34,35,40). The highest BCUT2D eigenvalue weighted by Crippen LogP contribution is 2.32. The molecule has 0 radical (unpaired) electrons. The molecule has 1 saturated heterocycles. The van der Waals surface area contributed by atoms with Crippen LogP contribution in [0.1, 0.15) is 33.4 Å². The Morgan fingerprint density at radius 1 is 0.929 bits per heavy atom. The number of anilines is 3.